The van der Waals surface area contributed by atoms with Gasteiger partial charge < -0.3 is 9.84 Å². The summed E-state index contributed by atoms with van der Waals surface area (Å²) in [5, 5.41) is 6.26. The molecule has 1 amide bonds. The van der Waals surface area contributed by atoms with Gasteiger partial charge in [-0.2, -0.15) is 0 Å². The number of hydrogen-bond acceptors (Lipinski definition) is 3. The highest BCUT2D eigenvalue weighted by Crippen LogP contribution is 2.21. The van der Waals surface area contributed by atoms with E-state index in [0.717, 1.165) is 11.3 Å². The van der Waals surface area contributed by atoms with Gasteiger partial charge in [0.05, 0.1) is 11.3 Å². The molecular weight excluding hydrogens is 247 g/mol. The van der Waals surface area contributed by atoms with Crippen LogP contribution in [0.5, 0.6) is 0 Å². The molecule has 19 heavy (non-hydrogen) atoms. The van der Waals surface area contributed by atoms with Crippen molar-refractivity contribution in [1.82, 2.24) is 10.5 Å². The first-order chi connectivity index (χ1) is 9.04. The second-order valence-electron chi connectivity index (χ2n) is 4.34. The lowest BCUT2D eigenvalue weighted by Crippen LogP contribution is -2.19. The molecule has 0 saturated carbocycles. The molecule has 1 aromatic carbocycles. The highest BCUT2D eigenvalue weighted by molar-refractivity contribution is 5.94. The molecule has 100 valence electrons. The predicted molar refractivity (Wildman–Crippen MR) is 68.6 cm³/mol. The zero-order valence-electron chi connectivity index (χ0n) is 11.1. The van der Waals surface area contributed by atoms with Crippen LogP contribution in [0.25, 0.3) is 0 Å². The smallest absolute Gasteiger partial charge is 0.254 e. The van der Waals surface area contributed by atoms with Gasteiger partial charge in [0.25, 0.3) is 5.91 Å². The van der Waals surface area contributed by atoms with Gasteiger partial charge in [0.1, 0.15) is 11.6 Å². The molecule has 1 aromatic heterocycles. The zero-order valence-corrected chi connectivity index (χ0v) is 11.1. The summed E-state index contributed by atoms with van der Waals surface area (Å²) in [6.45, 7) is 3.60. The maximum absolute atomic E-state index is 14.3. The molecule has 0 aliphatic rings. The molecule has 5 heteroatoms. The Labute approximate surface area is 110 Å². The van der Waals surface area contributed by atoms with E-state index in [-0.39, 0.29) is 5.56 Å². The number of carbonyl (C=O) groups is 1. The van der Waals surface area contributed by atoms with Crippen LogP contribution in [0.3, 0.4) is 0 Å². The van der Waals surface area contributed by atoms with Crippen molar-refractivity contribution in [3.05, 3.63) is 52.2 Å². The van der Waals surface area contributed by atoms with E-state index in [1.54, 1.807) is 19.1 Å². The fourth-order valence-electron chi connectivity index (χ4n) is 1.97. The van der Waals surface area contributed by atoms with E-state index in [9.17, 15) is 9.18 Å². The van der Waals surface area contributed by atoms with Crippen molar-refractivity contribution >= 4 is 5.91 Å². The Morgan fingerprint density at radius 2 is 2.16 bits per heavy atom. The molecule has 0 fully saturated rings. The van der Waals surface area contributed by atoms with Crippen molar-refractivity contribution < 1.29 is 13.7 Å². The first-order valence-corrected chi connectivity index (χ1v) is 5.95. The number of rotatable bonds is 3. The van der Waals surface area contributed by atoms with Crippen LogP contribution in [0.4, 0.5) is 4.39 Å². The lowest BCUT2D eigenvalue weighted by molar-refractivity contribution is 0.0959. The Morgan fingerprint density at radius 1 is 1.42 bits per heavy atom. The molecule has 0 aliphatic carbocycles. The Balaban J connectivity index is 2.39. The van der Waals surface area contributed by atoms with Crippen LogP contribution < -0.4 is 5.32 Å². The molecule has 0 radical (unpaired) electrons. The van der Waals surface area contributed by atoms with Crippen molar-refractivity contribution in [2.75, 3.05) is 7.05 Å². The number of aromatic nitrogens is 1. The van der Waals surface area contributed by atoms with Crippen LogP contribution in [0, 0.1) is 19.7 Å². The normalized spacial score (nSPS) is 10.5. The van der Waals surface area contributed by atoms with Gasteiger partial charge in [-0.15, -0.1) is 0 Å². The summed E-state index contributed by atoms with van der Waals surface area (Å²) < 4.78 is 19.3. The minimum Gasteiger partial charge on any atom is -0.361 e. The molecule has 0 unspecified atom stereocenters. The summed E-state index contributed by atoms with van der Waals surface area (Å²) in [7, 11) is 1.47. The maximum atomic E-state index is 14.3. The Kier molecular flexibility index (Phi) is 3.64. The molecule has 0 aliphatic heterocycles. The van der Waals surface area contributed by atoms with Gasteiger partial charge in [-0.25, -0.2) is 4.39 Å². The Bertz CT molecular complexity index is 600. The average Bonchev–Trinajstić information content (AvgIpc) is 2.72. The van der Waals surface area contributed by atoms with Crippen LogP contribution >= 0.6 is 0 Å². The standard InChI is InChI=1S/C14H15FN2O2/c1-8-12(9(2)19-17-8)7-10-5-4-6-11(13(10)15)14(18)16-3/h4-6H,7H2,1-3H3,(H,16,18). The quantitative estimate of drug-likeness (QED) is 0.924. The van der Waals surface area contributed by atoms with Gasteiger partial charge in [-0.3, -0.25) is 4.79 Å². The van der Waals surface area contributed by atoms with E-state index in [1.165, 1.54) is 13.1 Å². The number of nitrogens with one attached hydrogen (secondary N) is 1. The van der Waals surface area contributed by atoms with E-state index in [0.29, 0.717) is 17.7 Å². The van der Waals surface area contributed by atoms with Crippen LogP contribution in [0.15, 0.2) is 22.7 Å². The summed E-state index contributed by atoms with van der Waals surface area (Å²) in [6, 6.07) is 4.79. The monoisotopic (exact) mass is 262 g/mol. The molecule has 4 nitrogen and oxygen atoms in total. The molecule has 1 N–H and O–H groups in total. The number of amides is 1. The lowest BCUT2D eigenvalue weighted by atomic mass is 10.0. The van der Waals surface area contributed by atoms with Gasteiger partial charge in [-0.05, 0) is 25.5 Å². The predicted octanol–water partition coefficient (Wildman–Crippen LogP) is 2.38. The molecule has 0 atom stereocenters. The molecule has 1 heterocycles. The topological polar surface area (TPSA) is 55.1 Å². The van der Waals surface area contributed by atoms with Crippen molar-refractivity contribution in [3.8, 4) is 0 Å². The summed E-state index contributed by atoms with van der Waals surface area (Å²) in [5.41, 5.74) is 2.09. The lowest BCUT2D eigenvalue weighted by Gasteiger charge is -2.07. The van der Waals surface area contributed by atoms with Crippen molar-refractivity contribution in [2.45, 2.75) is 20.3 Å². The molecule has 2 aromatic rings. The van der Waals surface area contributed by atoms with Crippen molar-refractivity contribution in [1.29, 1.82) is 0 Å². The third-order valence-electron chi connectivity index (χ3n) is 3.10. The molecule has 0 spiro atoms. The van der Waals surface area contributed by atoms with Crippen LogP contribution in [0.2, 0.25) is 0 Å². The van der Waals surface area contributed by atoms with E-state index in [1.807, 2.05) is 6.92 Å². The summed E-state index contributed by atoms with van der Waals surface area (Å²) in [4.78, 5) is 11.5. The largest absolute Gasteiger partial charge is 0.361 e. The summed E-state index contributed by atoms with van der Waals surface area (Å²) >= 11 is 0. The van der Waals surface area contributed by atoms with Gasteiger partial charge >= 0.3 is 0 Å². The first kappa shape index (κ1) is 13.3. The molecular formula is C14H15FN2O2. The highest BCUT2D eigenvalue weighted by atomic mass is 19.1. The third-order valence-corrected chi connectivity index (χ3v) is 3.10. The average molecular weight is 262 g/mol. The third kappa shape index (κ3) is 2.50. The van der Waals surface area contributed by atoms with E-state index in [2.05, 4.69) is 10.5 Å². The summed E-state index contributed by atoms with van der Waals surface area (Å²) in [6.07, 6.45) is 0.359. The Hall–Kier alpha value is -2.17. The SMILES string of the molecule is CNC(=O)c1cccc(Cc2c(C)noc2C)c1F. The van der Waals surface area contributed by atoms with Crippen LogP contribution in [-0.2, 0) is 6.42 Å². The number of nitrogens with zero attached hydrogens (tertiary/aromatic N) is 1. The fraction of sp³-hybridized carbons (Fsp3) is 0.286. The zero-order chi connectivity index (χ0) is 14.0. The first-order valence-electron chi connectivity index (χ1n) is 5.95. The van der Waals surface area contributed by atoms with Gasteiger partial charge in [0.15, 0.2) is 0 Å². The van der Waals surface area contributed by atoms with Crippen molar-refractivity contribution in [3.63, 3.8) is 0 Å². The molecule has 0 saturated heterocycles. The van der Waals surface area contributed by atoms with Crippen molar-refractivity contribution in [2.24, 2.45) is 0 Å². The molecule has 0 bridgehead atoms. The maximum Gasteiger partial charge on any atom is 0.254 e. The Morgan fingerprint density at radius 3 is 2.74 bits per heavy atom. The number of benzene rings is 1. The van der Waals surface area contributed by atoms with E-state index in [4.69, 9.17) is 4.52 Å². The number of aryl methyl sites for hydroxylation is 2. The van der Waals surface area contributed by atoms with E-state index >= 15 is 0 Å². The fourth-order valence-corrected chi connectivity index (χ4v) is 1.97. The van der Waals surface area contributed by atoms with Crippen LogP contribution in [-0.4, -0.2) is 18.1 Å². The number of halogens is 1. The number of carbonyl (C=O) groups excluding carboxylic acids is 1. The number of hydrogen-bond donors (Lipinski definition) is 1. The second kappa shape index (κ2) is 5.22. The highest BCUT2D eigenvalue weighted by Gasteiger charge is 2.16. The molecule has 2 rings (SSSR count). The second-order valence-corrected chi connectivity index (χ2v) is 4.34. The van der Waals surface area contributed by atoms with Crippen LogP contribution in [0.1, 0.15) is 32.9 Å². The minimum absolute atomic E-state index is 0.0479. The summed E-state index contributed by atoms with van der Waals surface area (Å²) in [5.74, 6) is -0.262. The van der Waals surface area contributed by atoms with Gasteiger partial charge in [0.2, 0.25) is 0 Å². The minimum atomic E-state index is -0.498. The van der Waals surface area contributed by atoms with Gasteiger partial charge in [-0.1, -0.05) is 17.3 Å². The van der Waals surface area contributed by atoms with Gasteiger partial charge in [0, 0.05) is 19.0 Å². The van der Waals surface area contributed by atoms with E-state index < -0.39 is 11.7 Å².